The summed E-state index contributed by atoms with van der Waals surface area (Å²) in [5.41, 5.74) is 0. The van der Waals surface area contributed by atoms with Gasteiger partial charge in [-0.2, -0.15) is 0 Å². The van der Waals surface area contributed by atoms with Crippen molar-refractivity contribution in [1.82, 2.24) is 4.98 Å². The van der Waals surface area contributed by atoms with E-state index in [4.69, 9.17) is 16.3 Å². The molecule has 0 atom stereocenters. The van der Waals surface area contributed by atoms with Crippen LogP contribution in [0.2, 0.25) is 5.02 Å². The SMILES string of the molecule is Clc1c(Br)ccnc1N1CCOCC1. The summed E-state index contributed by atoms with van der Waals surface area (Å²) in [7, 11) is 0. The van der Waals surface area contributed by atoms with Gasteiger partial charge in [-0.3, -0.25) is 0 Å². The van der Waals surface area contributed by atoms with E-state index < -0.39 is 0 Å². The Morgan fingerprint density at radius 1 is 1.43 bits per heavy atom. The van der Waals surface area contributed by atoms with Gasteiger partial charge in [0.15, 0.2) is 0 Å². The molecule has 0 unspecified atom stereocenters. The maximum absolute atomic E-state index is 6.13. The zero-order valence-electron chi connectivity index (χ0n) is 7.54. The summed E-state index contributed by atoms with van der Waals surface area (Å²) >= 11 is 9.52. The molecule has 1 aromatic rings. The number of hydrogen-bond donors (Lipinski definition) is 0. The molecule has 0 aromatic carbocycles. The minimum Gasteiger partial charge on any atom is -0.378 e. The van der Waals surface area contributed by atoms with Crippen LogP contribution in [0.25, 0.3) is 0 Å². The first-order valence-corrected chi connectivity index (χ1v) is 5.59. The first-order chi connectivity index (χ1) is 6.79. The van der Waals surface area contributed by atoms with E-state index in [1.165, 1.54) is 0 Å². The zero-order valence-corrected chi connectivity index (χ0v) is 9.88. The number of pyridine rings is 1. The van der Waals surface area contributed by atoms with Gasteiger partial charge in [-0.1, -0.05) is 11.6 Å². The van der Waals surface area contributed by atoms with E-state index in [1.807, 2.05) is 6.07 Å². The van der Waals surface area contributed by atoms with Crippen molar-refractivity contribution in [3.63, 3.8) is 0 Å². The van der Waals surface area contributed by atoms with Gasteiger partial charge in [0.1, 0.15) is 5.82 Å². The van der Waals surface area contributed by atoms with Crippen molar-refractivity contribution in [3.8, 4) is 0 Å². The Morgan fingerprint density at radius 3 is 2.86 bits per heavy atom. The quantitative estimate of drug-likeness (QED) is 0.788. The Balaban J connectivity index is 2.26. The Kier molecular flexibility index (Phi) is 3.26. The third-order valence-corrected chi connectivity index (χ3v) is 3.40. The van der Waals surface area contributed by atoms with Crippen molar-refractivity contribution in [1.29, 1.82) is 0 Å². The molecule has 0 N–H and O–H groups in total. The number of halogens is 2. The summed E-state index contributed by atoms with van der Waals surface area (Å²) in [6.45, 7) is 3.18. The Morgan fingerprint density at radius 2 is 2.14 bits per heavy atom. The fourth-order valence-corrected chi connectivity index (χ4v) is 1.93. The van der Waals surface area contributed by atoms with Crippen molar-refractivity contribution >= 4 is 33.3 Å². The lowest BCUT2D eigenvalue weighted by atomic mass is 10.4. The average Bonchev–Trinajstić information content (AvgIpc) is 2.23. The van der Waals surface area contributed by atoms with E-state index >= 15 is 0 Å². The Hall–Kier alpha value is -0.320. The van der Waals surface area contributed by atoms with Crippen LogP contribution in [0.3, 0.4) is 0 Å². The number of morpholine rings is 1. The predicted molar refractivity (Wildman–Crippen MR) is 60.0 cm³/mol. The molecule has 0 spiro atoms. The second-order valence-corrected chi connectivity index (χ2v) is 4.26. The lowest BCUT2D eigenvalue weighted by molar-refractivity contribution is 0.122. The topological polar surface area (TPSA) is 25.4 Å². The highest BCUT2D eigenvalue weighted by Gasteiger charge is 2.16. The molecule has 76 valence electrons. The number of aromatic nitrogens is 1. The number of nitrogens with zero attached hydrogens (tertiary/aromatic N) is 2. The fraction of sp³-hybridized carbons (Fsp3) is 0.444. The fourth-order valence-electron chi connectivity index (χ4n) is 1.41. The summed E-state index contributed by atoms with van der Waals surface area (Å²) in [6, 6.07) is 1.84. The van der Waals surface area contributed by atoms with Crippen LogP contribution < -0.4 is 4.90 Å². The minimum atomic E-state index is 0.675. The van der Waals surface area contributed by atoms with E-state index in [9.17, 15) is 0 Å². The minimum absolute atomic E-state index is 0.675. The van der Waals surface area contributed by atoms with Crippen molar-refractivity contribution in [2.75, 3.05) is 31.2 Å². The van der Waals surface area contributed by atoms with Crippen LogP contribution in [-0.4, -0.2) is 31.3 Å². The van der Waals surface area contributed by atoms with Crippen LogP contribution in [-0.2, 0) is 4.74 Å². The number of ether oxygens (including phenoxy) is 1. The molecule has 5 heteroatoms. The molecule has 1 saturated heterocycles. The summed E-state index contributed by atoms with van der Waals surface area (Å²) in [6.07, 6.45) is 1.75. The van der Waals surface area contributed by atoms with Crippen LogP contribution in [0, 0.1) is 0 Å². The lowest BCUT2D eigenvalue weighted by Crippen LogP contribution is -2.36. The van der Waals surface area contributed by atoms with Gasteiger partial charge in [0.05, 0.1) is 18.2 Å². The first kappa shape index (κ1) is 10.2. The van der Waals surface area contributed by atoms with Gasteiger partial charge in [-0.05, 0) is 22.0 Å². The lowest BCUT2D eigenvalue weighted by Gasteiger charge is -2.28. The molecular formula is C9H10BrClN2O. The van der Waals surface area contributed by atoms with Gasteiger partial charge in [0, 0.05) is 23.8 Å². The molecule has 0 bridgehead atoms. The summed E-state index contributed by atoms with van der Waals surface area (Å²) in [5, 5.41) is 0.675. The third kappa shape index (κ3) is 2.02. The molecule has 0 aliphatic carbocycles. The molecule has 0 amide bonds. The van der Waals surface area contributed by atoms with Gasteiger partial charge in [0.2, 0.25) is 0 Å². The molecule has 1 aliphatic rings. The van der Waals surface area contributed by atoms with E-state index in [2.05, 4.69) is 25.8 Å². The highest BCUT2D eigenvalue weighted by atomic mass is 79.9. The van der Waals surface area contributed by atoms with E-state index in [-0.39, 0.29) is 0 Å². The number of anilines is 1. The van der Waals surface area contributed by atoms with Gasteiger partial charge >= 0.3 is 0 Å². The normalized spacial score (nSPS) is 17.1. The summed E-state index contributed by atoms with van der Waals surface area (Å²) in [4.78, 5) is 6.41. The molecule has 0 radical (unpaired) electrons. The molecule has 14 heavy (non-hydrogen) atoms. The molecule has 2 heterocycles. The Labute approximate surface area is 96.1 Å². The monoisotopic (exact) mass is 276 g/mol. The number of rotatable bonds is 1. The van der Waals surface area contributed by atoms with Crippen LogP contribution >= 0.6 is 27.5 Å². The molecule has 1 aromatic heterocycles. The third-order valence-electron chi connectivity index (χ3n) is 2.13. The zero-order chi connectivity index (χ0) is 9.97. The van der Waals surface area contributed by atoms with Gasteiger partial charge in [0.25, 0.3) is 0 Å². The smallest absolute Gasteiger partial charge is 0.148 e. The summed E-state index contributed by atoms with van der Waals surface area (Å²) < 4.78 is 6.15. The number of hydrogen-bond acceptors (Lipinski definition) is 3. The predicted octanol–water partition coefficient (Wildman–Crippen LogP) is 2.33. The molecule has 2 rings (SSSR count). The molecule has 1 fully saturated rings. The molecular weight excluding hydrogens is 267 g/mol. The Bertz CT molecular complexity index is 329. The van der Waals surface area contributed by atoms with Crippen LogP contribution in [0.5, 0.6) is 0 Å². The van der Waals surface area contributed by atoms with Crippen LogP contribution in [0.4, 0.5) is 5.82 Å². The maximum atomic E-state index is 6.13. The van der Waals surface area contributed by atoms with E-state index in [0.717, 1.165) is 36.6 Å². The highest BCUT2D eigenvalue weighted by Crippen LogP contribution is 2.30. The summed E-state index contributed by atoms with van der Waals surface area (Å²) in [5.74, 6) is 0.837. The van der Waals surface area contributed by atoms with Crippen molar-refractivity contribution in [3.05, 3.63) is 21.8 Å². The van der Waals surface area contributed by atoms with Crippen molar-refractivity contribution < 1.29 is 4.74 Å². The van der Waals surface area contributed by atoms with Gasteiger partial charge in [-0.15, -0.1) is 0 Å². The maximum Gasteiger partial charge on any atom is 0.148 e. The first-order valence-electron chi connectivity index (χ1n) is 4.42. The average molecular weight is 278 g/mol. The second-order valence-electron chi connectivity index (χ2n) is 3.03. The second kappa shape index (κ2) is 4.47. The van der Waals surface area contributed by atoms with Crippen LogP contribution in [0.1, 0.15) is 0 Å². The van der Waals surface area contributed by atoms with Gasteiger partial charge in [-0.25, -0.2) is 4.98 Å². The molecule has 0 saturated carbocycles. The van der Waals surface area contributed by atoms with Crippen molar-refractivity contribution in [2.45, 2.75) is 0 Å². The van der Waals surface area contributed by atoms with Crippen molar-refractivity contribution in [2.24, 2.45) is 0 Å². The van der Waals surface area contributed by atoms with Gasteiger partial charge < -0.3 is 9.64 Å². The molecule has 3 nitrogen and oxygen atoms in total. The molecule has 1 aliphatic heterocycles. The largest absolute Gasteiger partial charge is 0.378 e. The van der Waals surface area contributed by atoms with E-state index in [1.54, 1.807) is 6.20 Å². The standard InChI is InChI=1S/C9H10BrClN2O/c10-7-1-2-12-9(8(7)11)13-3-5-14-6-4-13/h1-2H,3-6H2. The van der Waals surface area contributed by atoms with E-state index in [0.29, 0.717) is 5.02 Å². The highest BCUT2D eigenvalue weighted by molar-refractivity contribution is 9.10. The van der Waals surface area contributed by atoms with Crippen LogP contribution in [0.15, 0.2) is 16.7 Å².